The molecular formula is C19H23N3O4S. The van der Waals surface area contributed by atoms with Crippen molar-refractivity contribution in [3.63, 3.8) is 0 Å². The molecule has 3 heterocycles. The molecule has 0 radical (unpaired) electrons. The Kier molecular flexibility index (Phi) is 4.77. The van der Waals surface area contributed by atoms with Gasteiger partial charge in [-0.25, -0.2) is 13.4 Å². The molecule has 2 aliphatic rings. The summed E-state index contributed by atoms with van der Waals surface area (Å²) in [5, 5.41) is 10.0. The Morgan fingerprint density at radius 1 is 1.07 bits per heavy atom. The van der Waals surface area contributed by atoms with Gasteiger partial charge in [0.15, 0.2) is 0 Å². The van der Waals surface area contributed by atoms with Gasteiger partial charge in [0.1, 0.15) is 5.82 Å². The zero-order valence-corrected chi connectivity index (χ0v) is 15.9. The van der Waals surface area contributed by atoms with Gasteiger partial charge >= 0.3 is 5.97 Å². The zero-order valence-electron chi connectivity index (χ0n) is 15.0. The van der Waals surface area contributed by atoms with Crippen LogP contribution in [-0.2, 0) is 14.8 Å². The topological polar surface area (TPSA) is 90.8 Å². The van der Waals surface area contributed by atoms with Gasteiger partial charge in [-0.05, 0) is 56.0 Å². The summed E-state index contributed by atoms with van der Waals surface area (Å²) in [5.74, 6) is -0.398. The SMILES string of the molecule is O=C(O)[C@H]1CCCN(c2ccc3cc(S(=O)(=O)N4CCCC4)ccc3n2)C1. The van der Waals surface area contributed by atoms with E-state index in [4.69, 9.17) is 0 Å². The van der Waals surface area contributed by atoms with Gasteiger partial charge in [0.2, 0.25) is 10.0 Å². The average molecular weight is 389 g/mol. The van der Waals surface area contributed by atoms with Crippen LogP contribution in [-0.4, -0.2) is 55.0 Å². The molecule has 8 heteroatoms. The number of nitrogens with zero attached hydrogens (tertiary/aromatic N) is 3. The molecule has 0 spiro atoms. The number of rotatable bonds is 4. The molecule has 1 aromatic heterocycles. The molecule has 0 aliphatic carbocycles. The summed E-state index contributed by atoms with van der Waals surface area (Å²) < 4.78 is 27.0. The smallest absolute Gasteiger partial charge is 0.308 e. The van der Waals surface area contributed by atoms with Crippen molar-refractivity contribution in [3.8, 4) is 0 Å². The fraction of sp³-hybridized carbons (Fsp3) is 0.474. The standard InChI is InChI=1S/C19H23N3O4S/c23-19(24)15-4-3-9-21(13-15)18-8-5-14-12-16(6-7-17(14)20-18)27(25,26)22-10-1-2-11-22/h5-8,12,15H,1-4,9-11,13H2,(H,23,24)/t15-/m0/s1. The highest BCUT2D eigenvalue weighted by Gasteiger charge is 2.28. The van der Waals surface area contributed by atoms with Gasteiger partial charge in [-0.15, -0.1) is 0 Å². The third-order valence-electron chi connectivity index (χ3n) is 5.44. The highest BCUT2D eigenvalue weighted by Crippen LogP contribution is 2.27. The van der Waals surface area contributed by atoms with Crippen LogP contribution in [0.2, 0.25) is 0 Å². The molecule has 1 aromatic carbocycles. The molecule has 27 heavy (non-hydrogen) atoms. The van der Waals surface area contributed by atoms with Gasteiger partial charge in [-0.3, -0.25) is 4.79 Å². The van der Waals surface area contributed by atoms with Crippen molar-refractivity contribution in [1.29, 1.82) is 0 Å². The molecule has 0 bridgehead atoms. The van der Waals surface area contributed by atoms with Crippen LogP contribution in [0.5, 0.6) is 0 Å². The second kappa shape index (κ2) is 7.09. The Labute approximate surface area is 158 Å². The van der Waals surface area contributed by atoms with Crippen LogP contribution < -0.4 is 4.90 Å². The van der Waals surface area contributed by atoms with Gasteiger partial charge in [-0.1, -0.05) is 0 Å². The van der Waals surface area contributed by atoms with Crippen LogP contribution in [0.25, 0.3) is 10.9 Å². The van der Waals surface area contributed by atoms with Crippen molar-refractivity contribution in [3.05, 3.63) is 30.3 Å². The van der Waals surface area contributed by atoms with Gasteiger partial charge < -0.3 is 10.0 Å². The lowest BCUT2D eigenvalue weighted by atomic mass is 9.98. The van der Waals surface area contributed by atoms with Crippen molar-refractivity contribution in [2.75, 3.05) is 31.1 Å². The number of benzene rings is 1. The van der Waals surface area contributed by atoms with Gasteiger partial charge in [0, 0.05) is 31.6 Å². The highest BCUT2D eigenvalue weighted by atomic mass is 32.2. The van der Waals surface area contributed by atoms with Crippen molar-refractivity contribution >= 4 is 32.7 Å². The van der Waals surface area contributed by atoms with Gasteiger partial charge in [0.05, 0.1) is 16.3 Å². The van der Waals surface area contributed by atoms with E-state index in [1.807, 2.05) is 17.0 Å². The first kappa shape index (κ1) is 18.2. The molecule has 0 amide bonds. The van der Waals surface area contributed by atoms with Crippen LogP contribution in [0.3, 0.4) is 0 Å². The number of hydrogen-bond acceptors (Lipinski definition) is 5. The number of piperidine rings is 1. The molecule has 1 atom stereocenters. The van der Waals surface area contributed by atoms with Crippen molar-refractivity contribution in [1.82, 2.24) is 9.29 Å². The van der Waals surface area contributed by atoms with E-state index in [0.717, 1.165) is 37.0 Å². The summed E-state index contributed by atoms with van der Waals surface area (Å²) in [6, 6.07) is 8.74. The van der Waals surface area contributed by atoms with E-state index in [1.54, 1.807) is 18.2 Å². The molecule has 0 saturated carbocycles. The number of hydrogen-bond donors (Lipinski definition) is 1. The number of carboxylic acids is 1. The highest BCUT2D eigenvalue weighted by molar-refractivity contribution is 7.89. The minimum Gasteiger partial charge on any atom is -0.481 e. The third-order valence-corrected chi connectivity index (χ3v) is 7.34. The normalized spacial score (nSPS) is 21.6. The molecule has 2 saturated heterocycles. The summed E-state index contributed by atoms with van der Waals surface area (Å²) in [7, 11) is -3.45. The van der Waals surface area contributed by atoms with E-state index in [-0.39, 0.29) is 5.92 Å². The summed E-state index contributed by atoms with van der Waals surface area (Å²) in [6.45, 7) is 2.40. The maximum atomic E-state index is 12.7. The number of pyridine rings is 1. The van der Waals surface area contributed by atoms with Crippen LogP contribution in [0.15, 0.2) is 35.2 Å². The van der Waals surface area contributed by atoms with E-state index >= 15 is 0 Å². The molecule has 0 unspecified atom stereocenters. The first-order chi connectivity index (χ1) is 12.9. The molecular weight excluding hydrogens is 366 g/mol. The first-order valence-corrected chi connectivity index (χ1v) is 10.8. The number of sulfonamides is 1. The lowest BCUT2D eigenvalue weighted by molar-refractivity contribution is -0.141. The number of aromatic nitrogens is 1. The average Bonchev–Trinajstić information content (AvgIpc) is 3.23. The summed E-state index contributed by atoms with van der Waals surface area (Å²) >= 11 is 0. The molecule has 4 rings (SSSR count). The van der Waals surface area contributed by atoms with Crippen molar-refractivity contribution in [2.24, 2.45) is 5.92 Å². The lowest BCUT2D eigenvalue weighted by Crippen LogP contribution is -2.39. The first-order valence-electron chi connectivity index (χ1n) is 9.34. The number of anilines is 1. The Hall–Kier alpha value is -2.19. The summed E-state index contributed by atoms with van der Waals surface area (Å²) in [6.07, 6.45) is 3.33. The van der Waals surface area contributed by atoms with Gasteiger partial charge in [0.25, 0.3) is 0 Å². The number of aliphatic carboxylic acids is 1. The predicted octanol–water partition coefficient (Wildman–Crippen LogP) is 2.32. The minimum atomic E-state index is -3.45. The fourth-order valence-corrected chi connectivity index (χ4v) is 5.45. The maximum Gasteiger partial charge on any atom is 0.308 e. The quantitative estimate of drug-likeness (QED) is 0.863. The minimum absolute atomic E-state index is 0.301. The Morgan fingerprint density at radius 3 is 2.59 bits per heavy atom. The lowest BCUT2D eigenvalue weighted by Gasteiger charge is -2.31. The molecule has 2 fully saturated rings. The molecule has 144 valence electrons. The second-order valence-electron chi connectivity index (χ2n) is 7.26. The molecule has 7 nitrogen and oxygen atoms in total. The number of carboxylic acid groups (broad SMARTS) is 1. The molecule has 1 N–H and O–H groups in total. The monoisotopic (exact) mass is 389 g/mol. The van der Waals surface area contributed by atoms with Crippen molar-refractivity contribution < 1.29 is 18.3 Å². The zero-order chi connectivity index (χ0) is 19.0. The number of fused-ring (bicyclic) bond motifs is 1. The van der Waals surface area contributed by atoms with Crippen LogP contribution in [0.1, 0.15) is 25.7 Å². The summed E-state index contributed by atoms with van der Waals surface area (Å²) in [4.78, 5) is 18.2. The molecule has 2 aromatic rings. The van der Waals surface area contributed by atoms with Crippen molar-refractivity contribution in [2.45, 2.75) is 30.6 Å². The largest absolute Gasteiger partial charge is 0.481 e. The Balaban J connectivity index is 1.62. The van der Waals surface area contributed by atoms with Crippen LogP contribution >= 0.6 is 0 Å². The predicted molar refractivity (Wildman–Crippen MR) is 102 cm³/mol. The van der Waals surface area contributed by atoms with E-state index in [0.29, 0.717) is 36.5 Å². The van der Waals surface area contributed by atoms with Gasteiger partial charge in [-0.2, -0.15) is 4.31 Å². The Morgan fingerprint density at radius 2 is 1.85 bits per heavy atom. The van der Waals surface area contributed by atoms with E-state index in [9.17, 15) is 18.3 Å². The Bertz CT molecular complexity index is 970. The molecule has 2 aliphatic heterocycles. The number of carbonyl (C=O) groups is 1. The third kappa shape index (κ3) is 3.51. The van der Waals surface area contributed by atoms with Crippen LogP contribution in [0.4, 0.5) is 5.82 Å². The maximum absolute atomic E-state index is 12.7. The summed E-state index contributed by atoms with van der Waals surface area (Å²) in [5.41, 5.74) is 0.713. The van der Waals surface area contributed by atoms with E-state index < -0.39 is 16.0 Å². The second-order valence-corrected chi connectivity index (χ2v) is 9.20. The van der Waals surface area contributed by atoms with E-state index in [2.05, 4.69) is 4.98 Å². The van der Waals surface area contributed by atoms with E-state index in [1.165, 1.54) is 4.31 Å². The fourth-order valence-electron chi connectivity index (χ4n) is 3.89. The van der Waals surface area contributed by atoms with Crippen LogP contribution in [0, 0.1) is 5.92 Å².